The van der Waals surface area contributed by atoms with Gasteiger partial charge in [0, 0.05) is 7.05 Å². The van der Waals surface area contributed by atoms with Crippen LogP contribution in [0.5, 0.6) is 5.75 Å². The second-order valence-corrected chi connectivity index (χ2v) is 2.69. The Hall–Kier alpha value is -1.42. The van der Waals surface area contributed by atoms with E-state index in [1.54, 1.807) is 25.2 Å². The van der Waals surface area contributed by atoms with Crippen LogP contribution >= 0.6 is 11.6 Å². The molecular weight excluding hydrogens is 192 g/mol. The van der Waals surface area contributed by atoms with Crippen molar-refractivity contribution < 1.29 is 9.53 Å². The molecule has 1 aromatic carbocycles. The van der Waals surface area contributed by atoms with Gasteiger partial charge in [-0.25, -0.2) is 4.79 Å². The van der Waals surface area contributed by atoms with Gasteiger partial charge in [-0.05, 0) is 12.1 Å². The highest BCUT2D eigenvalue weighted by molar-refractivity contribution is 6.32. The first-order chi connectivity index (χ1) is 6.15. The molecule has 0 radical (unpaired) electrons. The van der Waals surface area contributed by atoms with Crippen molar-refractivity contribution in [2.45, 2.75) is 0 Å². The lowest BCUT2D eigenvalue weighted by atomic mass is 10.3. The van der Waals surface area contributed by atoms with Crippen molar-refractivity contribution in [3.63, 3.8) is 0 Å². The molecule has 0 aliphatic rings. The smallest absolute Gasteiger partial charge is 0.407 e. The summed E-state index contributed by atoms with van der Waals surface area (Å²) >= 11 is 5.78. The second kappa shape index (κ2) is 4.00. The summed E-state index contributed by atoms with van der Waals surface area (Å²) in [7, 11) is 1.69. The molecule has 0 heterocycles. The number of amides is 1. The first-order valence-electron chi connectivity index (χ1n) is 3.58. The van der Waals surface area contributed by atoms with E-state index >= 15 is 0 Å². The highest BCUT2D eigenvalue weighted by Crippen LogP contribution is 2.32. The third-order valence-electron chi connectivity index (χ3n) is 1.44. The zero-order valence-corrected chi connectivity index (χ0v) is 7.76. The SMILES string of the molecule is CNc1cccc(Cl)c1OC(N)=O. The average Bonchev–Trinajstić information content (AvgIpc) is 2.08. The van der Waals surface area contributed by atoms with Gasteiger partial charge in [0.2, 0.25) is 0 Å². The highest BCUT2D eigenvalue weighted by atomic mass is 35.5. The number of hydrogen-bond acceptors (Lipinski definition) is 3. The number of halogens is 1. The van der Waals surface area contributed by atoms with Crippen molar-refractivity contribution in [3.8, 4) is 5.75 Å². The Balaban J connectivity index is 3.07. The summed E-state index contributed by atoms with van der Waals surface area (Å²) in [6, 6.07) is 5.08. The zero-order valence-electron chi connectivity index (χ0n) is 7.00. The van der Waals surface area contributed by atoms with Gasteiger partial charge in [-0.2, -0.15) is 0 Å². The molecule has 0 saturated heterocycles. The molecular formula is C8H9ClN2O2. The Morgan fingerprint density at radius 2 is 2.31 bits per heavy atom. The van der Waals surface area contributed by atoms with E-state index in [0.29, 0.717) is 10.7 Å². The molecule has 0 aromatic heterocycles. The predicted octanol–water partition coefficient (Wildman–Crippen LogP) is 1.84. The Kier molecular flexibility index (Phi) is 2.97. The standard InChI is InChI=1S/C8H9ClN2O2/c1-11-6-4-2-3-5(9)7(6)13-8(10)12/h2-4,11H,1H3,(H2,10,12). The third kappa shape index (κ3) is 2.26. The van der Waals surface area contributed by atoms with E-state index in [2.05, 4.69) is 5.32 Å². The molecule has 0 unspecified atom stereocenters. The van der Waals surface area contributed by atoms with Crippen molar-refractivity contribution in [2.75, 3.05) is 12.4 Å². The maximum Gasteiger partial charge on any atom is 0.410 e. The van der Waals surface area contributed by atoms with E-state index in [1.165, 1.54) is 0 Å². The minimum atomic E-state index is -0.885. The van der Waals surface area contributed by atoms with Crippen molar-refractivity contribution in [2.24, 2.45) is 5.73 Å². The molecule has 70 valence electrons. The average molecular weight is 201 g/mol. The Bertz CT molecular complexity index is 328. The minimum Gasteiger partial charge on any atom is -0.407 e. The van der Waals surface area contributed by atoms with E-state index in [1.807, 2.05) is 0 Å². The Labute approximate surface area is 80.6 Å². The Morgan fingerprint density at radius 3 is 2.85 bits per heavy atom. The largest absolute Gasteiger partial charge is 0.410 e. The number of hydrogen-bond donors (Lipinski definition) is 2. The molecule has 0 fully saturated rings. The van der Waals surface area contributed by atoms with Crippen molar-refractivity contribution in [1.29, 1.82) is 0 Å². The van der Waals surface area contributed by atoms with Gasteiger partial charge in [-0.3, -0.25) is 0 Å². The number of ether oxygens (including phenoxy) is 1. The van der Waals surface area contributed by atoms with Gasteiger partial charge in [0.15, 0.2) is 5.75 Å². The zero-order chi connectivity index (χ0) is 9.84. The number of nitrogens with two attached hydrogens (primary N) is 1. The van der Waals surface area contributed by atoms with Gasteiger partial charge in [-0.15, -0.1) is 0 Å². The van der Waals surface area contributed by atoms with Crippen LogP contribution in [-0.2, 0) is 0 Å². The number of carbonyl (C=O) groups is 1. The van der Waals surface area contributed by atoms with E-state index in [0.717, 1.165) is 0 Å². The molecule has 1 aromatic rings. The van der Waals surface area contributed by atoms with E-state index in [4.69, 9.17) is 22.1 Å². The molecule has 5 heteroatoms. The maximum absolute atomic E-state index is 10.5. The summed E-state index contributed by atoms with van der Waals surface area (Å²) in [5, 5.41) is 3.16. The molecule has 4 nitrogen and oxygen atoms in total. The van der Waals surface area contributed by atoms with Crippen LogP contribution in [0.2, 0.25) is 5.02 Å². The molecule has 0 bridgehead atoms. The maximum atomic E-state index is 10.5. The normalized spacial score (nSPS) is 9.38. The lowest BCUT2D eigenvalue weighted by Crippen LogP contribution is -2.17. The van der Waals surface area contributed by atoms with Crippen LogP contribution in [0, 0.1) is 0 Å². The Morgan fingerprint density at radius 1 is 1.62 bits per heavy atom. The van der Waals surface area contributed by atoms with Gasteiger partial charge in [0.05, 0.1) is 10.7 Å². The van der Waals surface area contributed by atoms with Crippen LogP contribution < -0.4 is 15.8 Å². The lowest BCUT2D eigenvalue weighted by molar-refractivity contribution is 0.211. The molecule has 1 amide bonds. The summed E-state index contributed by atoms with van der Waals surface area (Å²) in [4.78, 5) is 10.5. The summed E-state index contributed by atoms with van der Waals surface area (Å²) in [6.45, 7) is 0. The number of rotatable bonds is 2. The molecule has 0 saturated carbocycles. The van der Waals surface area contributed by atoms with Gasteiger partial charge >= 0.3 is 6.09 Å². The lowest BCUT2D eigenvalue weighted by Gasteiger charge is -2.08. The number of para-hydroxylation sites is 1. The fraction of sp³-hybridized carbons (Fsp3) is 0.125. The number of nitrogens with one attached hydrogen (secondary N) is 1. The first kappa shape index (κ1) is 9.67. The van der Waals surface area contributed by atoms with E-state index < -0.39 is 6.09 Å². The number of primary amides is 1. The van der Waals surface area contributed by atoms with E-state index in [9.17, 15) is 4.79 Å². The van der Waals surface area contributed by atoms with Crippen LogP contribution in [0.25, 0.3) is 0 Å². The fourth-order valence-corrected chi connectivity index (χ4v) is 1.12. The van der Waals surface area contributed by atoms with Crippen LogP contribution in [0.1, 0.15) is 0 Å². The molecule has 3 N–H and O–H groups in total. The second-order valence-electron chi connectivity index (χ2n) is 2.29. The monoisotopic (exact) mass is 200 g/mol. The summed E-state index contributed by atoms with van der Waals surface area (Å²) in [5.74, 6) is 0.249. The van der Waals surface area contributed by atoms with Gasteiger partial charge < -0.3 is 15.8 Å². The third-order valence-corrected chi connectivity index (χ3v) is 1.74. The van der Waals surface area contributed by atoms with Crippen molar-refractivity contribution >= 4 is 23.4 Å². The molecule has 0 atom stereocenters. The highest BCUT2D eigenvalue weighted by Gasteiger charge is 2.09. The van der Waals surface area contributed by atoms with Crippen molar-refractivity contribution in [1.82, 2.24) is 0 Å². The molecule has 13 heavy (non-hydrogen) atoms. The van der Waals surface area contributed by atoms with Crippen LogP contribution in [0.3, 0.4) is 0 Å². The first-order valence-corrected chi connectivity index (χ1v) is 3.96. The topological polar surface area (TPSA) is 64.3 Å². The summed E-state index contributed by atoms with van der Waals surface area (Å²) < 4.78 is 4.71. The van der Waals surface area contributed by atoms with E-state index in [-0.39, 0.29) is 5.75 Å². The van der Waals surface area contributed by atoms with Crippen LogP contribution in [0.4, 0.5) is 10.5 Å². The predicted molar refractivity (Wildman–Crippen MR) is 51.2 cm³/mol. The number of carbonyl (C=O) groups excluding carboxylic acids is 1. The minimum absolute atomic E-state index is 0.249. The summed E-state index contributed by atoms with van der Waals surface area (Å²) in [6.07, 6.45) is -0.885. The van der Waals surface area contributed by atoms with Crippen molar-refractivity contribution in [3.05, 3.63) is 23.2 Å². The molecule has 0 aliphatic heterocycles. The quantitative estimate of drug-likeness (QED) is 0.766. The molecule has 0 spiro atoms. The molecule has 0 aliphatic carbocycles. The van der Waals surface area contributed by atoms with Crippen LogP contribution in [0.15, 0.2) is 18.2 Å². The van der Waals surface area contributed by atoms with Crippen LogP contribution in [-0.4, -0.2) is 13.1 Å². The summed E-state index contributed by atoms with van der Waals surface area (Å²) in [5.41, 5.74) is 5.49. The number of anilines is 1. The van der Waals surface area contributed by atoms with Gasteiger partial charge in [-0.1, -0.05) is 17.7 Å². The number of benzene rings is 1. The van der Waals surface area contributed by atoms with Gasteiger partial charge in [0.25, 0.3) is 0 Å². The molecule has 1 rings (SSSR count). The van der Waals surface area contributed by atoms with Gasteiger partial charge in [0.1, 0.15) is 0 Å². The fourth-order valence-electron chi connectivity index (χ4n) is 0.910.